The van der Waals surface area contributed by atoms with Gasteiger partial charge in [0.15, 0.2) is 0 Å². The number of phenols is 1. The molecule has 4 N–H and O–H groups in total. The second-order valence-corrected chi connectivity index (χ2v) is 10.5. The predicted octanol–water partition coefficient (Wildman–Crippen LogP) is 4.68. The van der Waals surface area contributed by atoms with Crippen molar-refractivity contribution in [3.63, 3.8) is 0 Å². The van der Waals surface area contributed by atoms with Gasteiger partial charge in [-0.25, -0.2) is 4.39 Å². The fraction of sp³-hybridized carbons (Fsp3) is 0.273. The van der Waals surface area contributed by atoms with E-state index in [1.807, 2.05) is 48.7 Å². The first-order valence-corrected chi connectivity index (χ1v) is 13.8. The van der Waals surface area contributed by atoms with Gasteiger partial charge < -0.3 is 35.1 Å². The molecule has 220 valence electrons. The van der Waals surface area contributed by atoms with Crippen LogP contribution in [0.4, 0.5) is 10.1 Å². The maximum Gasteiger partial charge on any atom is 0.258 e. The highest BCUT2D eigenvalue weighted by Crippen LogP contribution is 2.43. The van der Waals surface area contributed by atoms with Crippen molar-refractivity contribution >= 4 is 17.6 Å². The zero-order valence-electron chi connectivity index (χ0n) is 23.5. The molecule has 4 rings (SSSR count). The van der Waals surface area contributed by atoms with E-state index in [1.54, 1.807) is 30.3 Å². The van der Waals surface area contributed by atoms with Gasteiger partial charge in [0.2, 0.25) is 0 Å². The standard InChI is InChI=1S/C33H35FN2O6/c1-20(2)31-30(33(42)35-26-10-6-7-11-27(26)39)29(21-8-4-3-5-9-21)32(22-12-14-23(34)15-13-22)36(31)17-16-24(37)18-25(38)19-28(40)41/h3-15,20,24-25,37-39H,16-19H2,1-2H3,(H,35,42)(H,40,41)/p-1/t24-,25-/m1/s1. The van der Waals surface area contributed by atoms with Gasteiger partial charge in [0.05, 0.1) is 29.2 Å². The lowest BCUT2D eigenvalue weighted by molar-refractivity contribution is -0.307. The Balaban J connectivity index is 1.91. The Morgan fingerprint density at radius 3 is 2.17 bits per heavy atom. The largest absolute Gasteiger partial charge is 0.550 e. The summed E-state index contributed by atoms with van der Waals surface area (Å²) in [5, 5.41) is 44.8. The van der Waals surface area contributed by atoms with Crippen LogP contribution < -0.4 is 10.4 Å². The number of benzene rings is 3. The van der Waals surface area contributed by atoms with Gasteiger partial charge in [-0.1, -0.05) is 56.3 Å². The van der Waals surface area contributed by atoms with E-state index < -0.39 is 36.3 Å². The number of aromatic hydroxyl groups is 1. The summed E-state index contributed by atoms with van der Waals surface area (Å²) in [5.74, 6) is -2.56. The van der Waals surface area contributed by atoms with E-state index in [1.165, 1.54) is 18.2 Å². The van der Waals surface area contributed by atoms with Gasteiger partial charge in [-0.3, -0.25) is 4.79 Å². The molecule has 4 aromatic rings. The first-order valence-electron chi connectivity index (χ1n) is 13.8. The van der Waals surface area contributed by atoms with Crippen molar-refractivity contribution in [3.05, 3.63) is 95.9 Å². The van der Waals surface area contributed by atoms with Crippen molar-refractivity contribution in [1.82, 2.24) is 4.57 Å². The smallest absolute Gasteiger partial charge is 0.258 e. The third-order valence-electron chi connectivity index (χ3n) is 7.04. The van der Waals surface area contributed by atoms with Gasteiger partial charge in [-0.15, -0.1) is 0 Å². The molecule has 8 nitrogen and oxygen atoms in total. The number of aliphatic carboxylic acids is 1. The molecule has 0 radical (unpaired) electrons. The molecule has 0 aliphatic heterocycles. The maximum absolute atomic E-state index is 14.1. The van der Waals surface area contributed by atoms with Gasteiger partial charge in [0.25, 0.3) is 5.91 Å². The third-order valence-corrected chi connectivity index (χ3v) is 7.04. The van der Waals surface area contributed by atoms with Crippen molar-refractivity contribution in [2.24, 2.45) is 0 Å². The summed E-state index contributed by atoms with van der Waals surface area (Å²) < 4.78 is 15.9. The van der Waals surface area contributed by atoms with Crippen LogP contribution in [0.5, 0.6) is 5.75 Å². The summed E-state index contributed by atoms with van der Waals surface area (Å²) in [7, 11) is 0. The lowest BCUT2D eigenvalue weighted by Gasteiger charge is -2.20. The minimum atomic E-state index is -1.41. The number of aromatic nitrogens is 1. The molecule has 1 heterocycles. The molecule has 3 aromatic carbocycles. The van der Waals surface area contributed by atoms with E-state index in [4.69, 9.17) is 0 Å². The molecule has 2 atom stereocenters. The minimum absolute atomic E-state index is 0.0883. The number of halogens is 1. The highest BCUT2D eigenvalue weighted by Gasteiger charge is 2.31. The summed E-state index contributed by atoms with van der Waals surface area (Å²) >= 11 is 0. The second kappa shape index (κ2) is 13.5. The molecule has 0 spiro atoms. The Morgan fingerprint density at radius 2 is 1.55 bits per heavy atom. The fourth-order valence-electron chi connectivity index (χ4n) is 5.24. The first-order chi connectivity index (χ1) is 20.1. The van der Waals surface area contributed by atoms with E-state index >= 15 is 0 Å². The first kappa shape index (κ1) is 30.5. The number of aliphatic hydroxyl groups excluding tert-OH is 2. The maximum atomic E-state index is 14.1. The molecule has 1 amide bonds. The van der Waals surface area contributed by atoms with Crippen LogP contribution in [0.2, 0.25) is 0 Å². The predicted molar refractivity (Wildman–Crippen MR) is 156 cm³/mol. The van der Waals surface area contributed by atoms with Gasteiger partial charge in [0, 0.05) is 30.2 Å². The number of amides is 1. The summed E-state index contributed by atoms with van der Waals surface area (Å²) in [6.45, 7) is 4.08. The zero-order valence-corrected chi connectivity index (χ0v) is 23.5. The number of carbonyl (C=O) groups is 2. The van der Waals surface area contributed by atoms with Crippen LogP contribution >= 0.6 is 0 Å². The number of hydrogen-bond acceptors (Lipinski definition) is 6. The highest BCUT2D eigenvalue weighted by molar-refractivity contribution is 6.13. The fourth-order valence-corrected chi connectivity index (χ4v) is 5.24. The number of anilines is 1. The second-order valence-electron chi connectivity index (χ2n) is 10.5. The molecule has 0 unspecified atom stereocenters. The zero-order chi connectivity index (χ0) is 30.4. The van der Waals surface area contributed by atoms with Crippen molar-refractivity contribution in [1.29, 1.82) is 0 Å². The average molecular weight is 574 g/mol. The number of hydrogen-bond donors (Lipinski definition) is 4. The molecular formula is C33H34FN2O6-. The number of carboxylic acid groups (broad SMARTS) is 1. The van der Waals surface area contributed by atoms with Gasteiger partial charge >= 0.3 is 0 Å². The van der Waals surface area contributed by atoms with E-state index in [0.717, 1.165) is 5.56 Å². The van der Waals surface area contributed by atoms with Crippen LogP contribution in [-0.4, -0.2) is 44.0 Å². The summed E-state index contributed by atoms with van der Waals surface area (Å²) in [5.41, 5.74) is 3.88. The van der Waals surface area contributed by atoms with Gasteiger partial charge in [-0.2, -0.15) is 0 Å². The molecule has 42 heavy (non-hydrogen) atoms. The number of para-hydroxylation sites is 2. The third kappa shape index (κ3) is 7.05. The van der Waals surface area contributed by atoms with Crippen LogP contribution in [0.25, 0.3) is 22.4 Å². The quantitative estimate of drug-likeness (QED) is 0.182. The Hall–Kier alpha value is -4.47. The Kier molecular flexibility index (Phi) is 9.77. The summed E-state index contributed by atoms with van der Waals surface area (Å²) in [6.07, 6.45) is -2.92. The number of phenolic OH excluding ortho intramolecular Hbond substituents is 1. The van der Waals surface area contributed by atoms with E-state index in [9.17, 15) is 34.4 Å². The molecule has 0 aliphatic rings. The summed E-state index contributed by atoms with van der Waals surface area (Å²) in [6, 6.07) is 21.7. The number of nitrogens with one attached hydrogen (secondary N) is 1. The lowest BCUT2D eigenvalue weighted by Crippen LogP contribution is -2.29. The van der Waals surface area contributed by atoms with E-state index in [0.29, 0.717) is 28.1 Å². The Bertz CT molecular complexity index is 1530. The van der Waals surface area contributed by atoms with Gasteiger partial charge in [-0.05, 0) is 66.3 Å². The molecule has 1 aromatic heterocycles. The molecule has 0 saturated carbocycles. The van der Waals surface area contributed by atoms with Gasteiger partial charge in [0.1, 0.15) is 11.6 Å². The van der Waals surface area contributed by atoms with E-state index in [-0.39, 0.29) is 36.7 Å². The van der Waals surface area contributed by atoms with Crippen molar-refractivity contribution in [2.45, 2.75) is 57.8 Å². The topological polar surface area (TPSA) is 135 Å². The number of carboxylic acids is 1. The van der Waals surface area contributed by atoms with Crippen molar-refractivity contribution < 1.29 is 34.4 Å². The Labute approximate surface area is 243 Å². The normalized spacial score (nSPS) is 12.7. The average Bonchev–Trinajstić information content (AvgIpc) is 3.29. The van der Waals surface area contributed by atoms with Crippen LogP contribution in [-0.2, 0) is 11.3 Å². The van der Waals surface area contributed by atoms with Crippen LogP contribution in [0, 0.1) is 5.82 Å². The van der Waals surface area contributed by atoms with Crippen molar-refractivity contribution in [3.8, 4) is 28.1 Å². The minimum Gasteiger partial charge on any atom is -0.550 e. The number of aliphatic hydroxyl groups is 2. The number of carbonyl (C=O) groups excluding carboxylic acids is 2. The van der Waals surface area contributed by atoms with E-state index in [2.05, 4.69) is 5.32 Å². The molecule has 0 saturated heterocycles. The SMILES string of the molecule is CC(C)c1c(C(=O)Nc2ccccc2O)c(-c2ccccc2)c(-c2ccc(F)cc2)n1CC[C@@H](O)C[C@@H](O)CC(=O)[O-]. The number of nitrogens with zero attached hydrogens (tertiary/aromatic N) is 1. The van der Waals surface area contributed by atoms with Crippen LogP contribution in [0.3, 0.4) is 0 Å². The van der Waals surface area contributed by atoms with Crippen LogP contribution in [0.1, 0.15) is 55.1 Å². The molecule has 0 bridgehead atoms. The van der Waals surface area contributed by atoms with Crippen LogP contribution in [0.15, 0.2) is 78.9 Å². The Morgan fingerprint density at radius 1 is 0.905 bits per heavy atom. The molecule has 0 aliphatic carbocycles. The van der Waals surface area contributed by atoms with Crippen molar-refractivity contribution in [2.75, 3.05) is 5.32 Å². The number of rotatable bonds is 12. The monoisotopic (exact) mass is 573 g/mol. The molecule has 0 fully saturated rings. The highest BCUT2D eigenvalue weighted by atomic mass is 19.1. The molecule has 9 heteroatoms. The lowest BCUT2D eigenvalue weighted by atomic mass is 9.94. The summed E-state index contributed by atoms with van der Waals surface area (Å²) in [4.78, 5) is 25.0. The molecular weight excluding hydrogens is 539 g/mol.